The Kier molecular flexibility index (Phi) is 10.2. The van der Waals surface area contributed by atoms with Gasteiger partial charge in [0.1, 0.15) is 6.54 Å². The highest BCUT2D eigenvalue weighted by molar-refractivity contribution is 7.98. The van der Waals surface area contributed by atoms with Crippen LogP contribution >= 0.6 is 35.0 Å². The zero-order chi connectivity index (χ0) is 26.1. The summed E-state index contributed by atoms with van der Waals surface area (Å²) in [6.07, 6.45) is 0. The molecule has 0 saturated carbocycles. The van der Waals surface area contributed by atoms with E-state index >= 15 is 0 Å². The number of hydrogen-bond donors (Lipinski definition) is 1. The average Bonchev–Trinajstić information content (AvgIpc) is 2.88. The first-order valence-corrected chi connectivity index (χ1v) is 14.2. The van der Waals surface area contributed by atoms with Crippen LogP contribution in [0.25, 0.3) is 0 Å². The molecular weight excluding hydrogens is 543 g/mol. The van der Waals surface area contributed by atoms with Crippen molar-refractivity contribution in [3.8, 4) is 11.5 Å². The molecule has 7 nitrogen and oxygen atoms in total. The van der Waals surface area contributed by atoms with Crippen LogP contribution in [0.2, 0.25) is 10.0 Å². The maximum atomic E-state index is 13.6. The number of carbonyl (C=O) groups excluding carboxylic acids is 1. The zero-order valence-electron chi connectivity index (χ0n) is 19.7. The molecule has 0 saturated heterocycles. The molecular formula is C25H26Cl2N2O5S2. The second kappa shape index (κ2) is 13.1. The van der Waals surface area contributed by atoms with Gasteiger partial charge in [-0.2, -0.15) is 11.8 Å². The highest BCUT2D eigenvalue weighted by atomic mass is 35.5. The highest BCUT2D eigenvalue weighted by Gasteiger charge is 2.28. The van der Waals surface area contributed by atoms with Crippen LogP contribution in [0, 0.1) is 0 Å². The van der Waals surface area contributed by atoms with Crippen molar-refractivity contribution in [2.24, 2.45) is 0 Å². The van der Waals surface area contributed by atoms with Crippen molar-refractivity contribution in [1.29, 1.82) is 0 Å². The van der Waals surface area contributed by atoms with Gasteiger partial charge in [0.25, 0.3) is 10.0 Å². The van der Waals surface area contributed by atoms with Gasteiger partial charge < -0.3 is 14.8 Å². The van der Waals surface area contributed by atoms with Gasteiger partial charge in [0, 0.05) is 34.2 Å². The van der Waals surface area contributed by atoms with Gasteiger partial charge in [0.2, 0.25) is 5.91 Å². The Hall–Kier alpha value is -2.59. The summed E-state index contributed by atoms with van der Waals surface area (Å²) in [5.74, 6) is 1.66. The van der Waals surface area contributed by atoms with Gasteiger partial charge in [-0.05, 0) is 54.1 Å². The number of sulfonamides is 1. The van der Waals surface area contributed by atoms with Crippen molar-refractivity contribution >= 4 is 56.6 Å². The topological polar surface area (TPSA) is 84.9 Å². The fourth-order valence-corrected chi connectivity index (χ4v) is 5.75. The van der Waals surface area contributed by atoms with Crippen molar-refractivity contribution in [2.75, 3.05) is 37.4 Å². The Morgan fingerprint density at radius 1 is 0.917 bits per heavy atom. The van der Waals surface area contributed by atoms with E-state index in [1.807, 2.05) is 24.3 Å². The predicted octanol–water partition coefficient (Wildman–Crippen LogP) is 5.26. The van der Waals surface area contributed by atoms with Crippen LogP contribution in [0.3, 0.4) is 0 Å². The Balaban J connectivity index is 1.70. The van der Waals surface area contributed by atoms with E-state index in [-0.39, 0.29) is 10.6 Å². The largest absolute Gasteiger partial charge is 0.493 e. The lowest BCUT2D eigenvalue weighted by Gasteiger charge is -2.24. The number of benzene rings is 3. The summed E-state index contributed by atoms with van der Waals surface area (Å²) in [4.78, 5) is 12.7. The zero-order valence-corrected chi connectivity index (χ0v) is 22.9. The lowest BCUT2D eigenvalue weighted by molar-refractivity contribution is -0.119. The van der Waals surface area contributed by atoms with Crippen LogP contribution in [-0.2, 0) is 20.6 Å². The Morgan fingerprint density at radius 3 is 2.14 bits per heavy atom. The van der Waals surface area contributed by atoms with Crippen molar-refractivity contribution in [3.05, 3.63) is 82.3 Å². The summed E-state index contributed by atoms with van der Waals surface area (Å²) < 4.78 is 38.7. The molecule has 0 heterocycles. The number of amides is 1. The van der Waals surface area contributed by atoms with Gasteiger partial charge in [-0.25, -0.2) is 8.42 Å². The van der Waals surface area contributed by atoms with E-state index in [9.17, 15) is 13.2 Å². The third-order valence-electron chi connectivity index (χ3n) is 5.10. The van der Waals surface area contributed by atoms with Gasteiger partial charge in [0.15, 0.2) is 11.5 Å². The summed E-state index contributed by atoms with van der Waals surface area (Å²) in [5, 5.41) is 3.93. The molecule has 1 N–H and O–H groups in total. The number of anilines is 1. The summed E-state index contributed by atoms with van der Waals surface area (Å²) in [5.41, 5.74) is 1.44. The Labute approximate surface area is 225 Å². The molecule has 3 rings (SSSR count). The molecule has 0 aliphatic rings. The summed E-state index contributed by atoms with van der Waals surface area (Å²) in [6.45, 7) is -0.0118. The fraction of sp³-hybridized carbons (Fsp3) is 0.240. The highest BCUT2D eigenvalue weighted by Crippen LogP contribution is 2.32. The van der Waals surface area contributed by atoms with Crippen LogP contribution in [0.4, 0.5) is 5.69 Å². The molecule has 1 amide bonds. The molecule has 0 spiro atoms. The molecule has 0 bridgehead atoms. The molecule has 0 radical (unpaired) electrons. The summed E-state index contributed by atoms with van der Waals surface area (Å²) in [7, 11) is -1.23. The van der Waals surface area contributed by atoms with E-state index in [0.717, 1.165) is 15.6 Å². The lowest BCUT2D eigenvalue weighted by atomic mass is 10.2. The molecule has 0 aliphatic carbocycles. The van der Waals surface area contributed by atoms with Crippen molar-refractivity contribution in [3.63, 3.8) is 0 Å². The maximum absolute atomic E-state index is 13.6. The number of ether oxygens (including phenoxy) is 2. The molecule has 0 atom stereocenters. The van der Waals surface area contributed by atoms with Gasteiger partial charge >= 0.3 is 0 Å². The van der Waals surface area contributed by atoms with Gasteiger partial charge in [0.05, 0.1) is 24.8 Å². The SMILES string of the molecule is COc1ccc(S(=O)(=O)N(CC(=O)NCCSCc2ccc(Cl)cc2)c2ccc(Cl)cc2)cc1OC. The number of hydrogen-bond acceptors (Lipinski definition) is 6. The molecule has 36 heavy (non-hydrogen) atoms. The van der Waals surface area contributed by atoms with E-state index < -0.39 is 22.5 Å². The monoisotopic (exact) mass is 568 g/mol. The van der Waals surface area contributed by atoms with Crippen LogP contribution in [0.1, 0.15) is 5.56 Å². The first kappa shape index (κ1) is 28.0. The number of halogens is 2. The number of nitrogens with zero attached hydrogens (tertiary/aromatic N) is 1. The Bertz CT molecular complexity index is 1270. The van der Waals surface area contributed by atoms with E-state index in [0.29, 0.717) is 33.8 Å². The molecule has 0 unspecified atom stereocenters. The maximum Gasteiger partial charge on any atom is 0.264 e. The Morgan fingerprint density at radius 2 is 1.53 bits per heavy atom. The quantitative estimate of drug-likeness (QED) is 0.300. The second-order valence-electron chi connectivity index (χ2n) is 7.53. The van der Waals surface area contributed by atoms with E-state index in [1.165, 1.54) is 32.4 Å². The second-order valence-corrected chi connectivity index (χ2v) is 11.4. The minimum absolute atomic E-state index is 0.0404. The van der Waals surface area contributed by atoms with Gasteiger partial charge in [-0.3, -0.25) is 9.10 Å². The minimum atomic E-state index is -4.12. The van der Waals surface area contributed by atoms with Crippen molar-refractivity contribution in [1.82, 2.24) is 5.32 Å². The van der Waals surface area contributed by atoms with Gasteiger partial charge in [-0.15, -0.1) is 0 Å². The van der Waals surface area contributed by atoms with Crippen LogP contribution in [0.15, 0.2) is 71.6 Å². The smallest absolute Gasteiger partial charge is 0.264 e. The van der Waals surface area contributed by atoms with Crippen molar-refractivity contribution < 1.29 is 22.7 Å². The predicted molar refractivity (Wildman–Crippen MR) is 146 cm³/mol. The third-order valence-corrected chi connectivity index (χ3v) is 8.40. The van der Waals surface area contributed by atoms with E-state index in [2.05, 4.69) is 5.32 Å². The summed E-state index contributed by atoms with van der Waals surface area (Å²) >= 11 is 13.5. The van der Waals surface area contributed by atoms with Gasteiger partial charge in [-0.1, -0.05) is 35.3 Å². The molecule has 3 aromatic carbocycles. The van der Waals surface area contributed by atoms with Crippen LogP contribution in [0.5, 0.6) is 11.5 Å². The van der Waals surface area contributed by atoms with Crippen LogP contribution in [-0.4, -0.2) is 47.4 Å². The standard InChI is InChI=1S/C25H26Cl2N2O5S2/c1-33-23-12-11-22(15-24(23)34-2)36(31,32)29(21-9-7-20(27)8-10-21)16-25(30)28-13-14-35-17-18-3-5-19(26)6-4-18/h3-12,15H,13-14,16-17H2,1-2H3,(H,28,30). The number of thioether (sulfide) groups is 1. The normalized spacial score (nSPS) is 11.1. The molecule has 11 heteroatoms. The van der Waals surface area contributed by atoms with E-state index in [4.69, 9.17) is 32.7 Å². The van der Waals surface area contributed by atoms with Crippen molar-refractivity contribution in [2.45, 2.75) is 10.6 Å². The molecule has 0 aliphatic heterocycles. The molecule has 0 fully saturated rings. The lowest BCUT2D eigenvalue weighted by Crippen LogP contribution is -2.41. The summed E-state index contributed by atoms with van der Waals surface area (Å²) in [6, 6.07) is 18.1. The first-order chi connectivity index (χ1) is 17.2. The number of rotatable bonds is 12. The minimum Gasteiger partial charge on any atom is -0.493 e. The molecule has 0 aromatic heterocycles. The fourth-order valence-electron chi connectivity index (χ4n) is 3.25. The van der Waals surface area contributed by atoms with Crippen LogP contribution < -0.4 is 19.1 Å². The number of carbonyl (C=O) groups is 1. The molecule has 192 valence electrons. The molecule has 3 aromatic rings. The first-order valence-electron chi connectivity index (χ1n) is 10.8. The number of methoxy groups -OCH3 is 2. The third kappa shape index (κ3) is 7.46. The average molecular weight is 570 g/mol. The number of nitrogens with one attached hydrogen (secondary N) is 1. The van der Waals surface area contributed by atoms with E-state index in [1.54, 1.807) is 36.0 Å².